The molecule has 3 heterocycles. The molecule has 28 heavy (non-hydrogen) atoms. The van der Waals surface area contributed by atoms with Gasteiger partial charge < -0.3 is 29.2 Å². The molecule has 3 rings (SSSR count). The van der Waals surface area contributed by atoms with Crippen LogP contribution in [-0.4, -0.2) is 88.4 Å². The standard InChI is InChI=1S/C21H39N3O4/c1-2-22-21(23-10-4-14-26-19-8-15-25-16-9-19)24-11-6-18(7-12-24)28-17-20-5-3-13-27-20/h18-20H,2-17H2,1H3,(H,22,23). The predicted molar refractivity (Wildman–Crippen MR) is 110 cm³/mol. The molecule has 3 fully saturated rings. The number of hydrogen-bond acceptors (Lipinski definition) is 5. The van der Waals surface area contributed by atoms with E-state index in [1.807, 2.05) is 0 Å². The average molecular weight is 398 g/mol. The molecule has 0 saturated carbocycles. The fourth-order valence-electron chi connectivity index (χ4n) is 4.02. The molecular formula is C21H39N3O4. The Morgan fingerprint density at radius 1 is 1.04 bits per heavy atom. The van der Waals surface area contributed by atoms with E-state index in [4.69, 9.17) is 23.9 Å². The van der Waals surface area contributed by atoms with Crippen LogP contribution < -0.4 is 5.32 Å². The number of aliphatic imine (C=N–C) groups is 1. The van der Waals surface area contributed by atoms with Crippen molar-refractivity contribution in [2.75, 3.05) is 59.2 Å². The van der Waals surface area contributed by atoms with E-state index < -0.39 is 0 Å². The summed E-state index contributed by atoms with van der Waals surface area (Å²) < 4.78 is 23.1. The maximum Gasteiger partial charge on any atom is 0.193 e. The molecule has 0 aromatic carbocycles. The van der Waals surface area contributed by atoms with Gasteiger partial charge in [0.2, 0.25) is 0 Å². The summed E-state index contributed by atoms with van der Waals surface area (Å²) in [6.45, 7) is 9.94. The van der Waals surface area contributed by atoms with E-state index in [1.54, 1.807) is 0 Å². The van der Waals surface area contributed by atoms with Crippen molar-refractivity contribution in [2.45, 2.75) is 70.2 Å². The van der Waals surface area contributed by atoms with Crippen LogP contribution in [-0.2, 0) is 18.9 Å². The monoisotopic (exact) mass is 397 g/mol. The van der Waals surface area contributed by atoms with Gasteiger partial charge >= 0.3 is 0 Å². The Balaban J connectivity index is 1.32. The van der Waals surface area contributed by atoms with Gasteiger partial charge in [0.05, 0.1) is 24.9 Å². The Hall–Kier alpha value is -0.890. The van der Waals surface area contributed by atoms with E-state index >= 15 is 0 Å². The summed E-state index contributed by atoms with van der Waals surface area (Å²) in [6, 6.07) is 0. The largest absolute Gasteiger partial charge is 0.381 e. The van der Waals surface area contributed by atoms with E-state index in [-0.39, 0.29) is 0 Å². The summed E-state index contributed by atoms with van der Waals surface area (Å²) in [5, 5.41) is 3.44. The first-order chi connectivity index (χ1) is 13.8. The minimum atomic E-state index is 0.320. The summed E-state index contributed by atoms with van der Waals surface area (Å²) in [5.74, 6) is 1.03. The van der Waals surface area contributed by atoms with Gasteiger partial charge in [-0.3, -0.25) is 4.99 Å². The second-order valence-corrected chi connectivity index (χ2v) is 7.93. The lowest BCUT2D eigenvalue weighted by Gasteiger charge is -2.34. The van der Waals surface area contributed by atoms with Crippen LogP contribution in [0.25, 0.3) is 0 Å². The normalized spacial score (nSPS) is 25.4. The van der Waals surface area contributed by atoms with Crippen molar-refractivity contribution < 1.29 is 18.9 Å². The number of likely N-dealkylation sites (tertiary alicyclic amines) is 1. The third kappa shape index (κ3) is 7.50. The van der Waals surface area contributed by atoms with Crippen molar-refractivity contribution in [2.24, 2.45) is 4.99 Å². The first kappa shape index (κ1) is 21.8. The summed E-state index contributed by atoms with van der Waals surface area (Å²) in [6.07, 6.45) is 8.51. The summed E-state index contributed by atoms with van der Waals surface area (Å²) in [5.41, 5.74) is 0. The highest BCUT2D eigenvalue weighted by atomic mass is 16.5. The molecule has 1 atom stereocenters. The lowest BCUT2D eigenvalue weighted by molar-refractivity contribution is -0.0367. The molecule has 3 aliphatic heterocycles. The SMILES string of the molecule is CCNC(=NCCCOC1CCOCC1)N1CCC(OCC2CCCO2)CC1. The molecule has 0 spiro atoms. The highest BCUT2D eigenvalue weighted by molar-refractivity contribution is 5.80. The fraction of sp³-hybridized carbons (Fsp3) is 0.952. The Bertz CT molecular complexity index is 443. The Morgan fingerprint density at radius 3 is 2.54 bits per heavy atom. The van der Waals surface area contributed by atoms with Crippen molar-refractivity contribution in [1.82, 2.24) is 10.2 Å². The molecule has 0 aliphatic carbocycles. The van der Waals surface area contributed by atoms with Crippen molar-refractivity contribution >= 4 is 5.96 Å². The van der Waals surface area contributed by atoms with Crippen LogP contribution in [0.3, 0.4) is 0 Å². The Morgan fingerprint density at radius 2 is 1.82 bits per heavy atom. The van der Waals surface area contributed by atoms with Crippen molar-refractivity contribution in [3.8, 4) is 0 Å². The van der Waals surface area contributed by atoms with Crippen molar-refractivity contribution in [3.63, 3.8) is 0 Å². The van der Waals surface area contributed by atoms with Crippen LogP contribution >= 0.6 is 0 Å². The van der Waals surface area contributed by atoms with E-state index in [2.05, 4.69) is 17.1 Å². The average Bonchev–Trinajstić information content (AvgIpc) is 3.26. The molecule has 7 heteroatoms. The smallest absolute Gasteiger partial charge is 0.193 e. The molecule has 0 aromatic rings. The lowest BCUT2D eigenvalue weighted by Crippen LogP contribution is -2.47. The zero-order chi connectivity index (χ0) is 19.4. The van der Waals surface area contributed by atoms with Crippen LogP contribution in [0.1, 0.15) is 51.9 Å². The Labute approximate surface area is 170 Å². The molecule has 0 aromatic heterocycles. The van der Waals surface area contributed by atoms with Crippen LogP contribution in [0, 0.1) is 0 Å². The fourth-order valence-corrected chi connectivity index (χ4v) is 4.02. The summed E-state index contributed by atoms with van der Waals surface area (Å²) >= 11 is 0. The molecule has 0 bridgehead atoms. The molecule has 3 saturated heterocycles. The van der Waals surface area contributed by atoms with Crippen molar-refractivity contribution in [1.29, 1.82) is 0 Å². The predicted octanol–water partition coefficient (Wildman–Crippen LogP) is 2.20. The number of rotatable bonds is 9. The number of piperidine rings is 1. The van der Waals surface area contributed by atoms with Gasteiger partial charge in [-0.05, 0) is 51.9 Å². The maximum absolute atomic E-state index is 6.09. The van der Waals surface area contributed by atoms with Crippen LogP contribution in [0.2, 0.25) is 0 Å². The first-order valence-electron chi connectivity index (χ1n) is 11.3. The number of hydrogen-bond donors (Lipinski definition) is 1. The van der Waals surface area contributed by atoms with E-state index in [9.17, 15) is 0 Å². The zero-order valence-electron chi connectivity index (χ0n) is 17.6. The number of guanidine groups is 1. The summed E-state index contributed by atoms with van der Waals surface area (Å²) in [4.78, 5) is 7.19. The summed E-state index contributed by atoms with van der Waals surface area (Å²) in [7, 11) is 0. The molecule has 1 unspecified atom stereocenters. The van der Waals surface area contributed by atoms with E-state index in [0.717, 1.165) is 104 Å². The second-order valence-electron chi connectivity index (χ2n) is 7.93. The third-order valence-electron chi connectivity index (χ3n) is 5.70. The number of nitrogens with one attached hydrogen (secondary N) is 1. The van der Waals surface area contributed by atoms with Gasteiger partial charge in [-0.1, -0.05) is 0 Å². The molecule has 7 nitrogen and oxygen atoms in total. The van der Waals surface area contributed by atoms with Gasteiger partial charge in [0.15, 0.2) is 5.96 Å². The van der Waals surface area contributed by atoms with Gasteiger partial charge in [-0.2, -0.15) is 0 Å². The van der Waals surface area contributed by atoms with Gasteiger partial charge in [0.1, 0.15) is 0 Å². The first-order valence-corrected chi connectivity index (χ1v) is 11.3. The van der Waals surface area contributed by atoms with Crippen LogP contribution in [0.4, 0.5) is 0 Å². The van der Waals surface area contributed by atoms with Gasteiger partial charge in [-0.25, -0.2) is 0 Å². The number of ether oxygens (including phenoxy) is 4. The third-order valence-corrected chi connectivity index (χ3v) is 5.70. The van der Waals surface area contributed by atoms with Gasteiger partial charge in [0, 0.05) is 52.6 Å². The number of nitrogens with zero attached hydrogens (tertiary/aromatic N) is 2. The zero-order valence-corrected chi connectivity index (χ0v) is 17.6. The second kappa shape index (κ2) is 12.6. The molecular weight excluding hydrogens is 358 g/mol. The van der Waals surface area contributed by atoms with Gasteiger partial charge in [-0.15, -0.1) is 0 Å². The van der Waals surface area contributed by atoms with E-state index in [1.165, 1.54) is 6.42 Å². The van der Waals surface area contributed by atoms with Crippen LogP contribution in [0.15, 0.2) is 4.99 Å². The minimum absolute atomic E-state index is 0.320. The topological polar surface area (TPSA) is 64.6 Å². The van der Waals surface area contributed by atoms with E-state index in [0.29, 0.717) is 18.3 Å². The highest BCUT2D eigenvalue weighted by Gasteiger charge is 2.24. The molecule has 1 N–H and O–H groups in total. The molecule has 0 amide bonds. The Kier molecular flexibility index (Phi) is 9.83. The quantitative estimate of drug-likeness (QED) is 0.366. The highest BCUT2D eigenvalue weighted by Crippen LogP contribution is 2.18. The maximum atomic E-state index is 6.09. The molecule has 0 radical (unpaired) electrons. The lowest BCUT2D eigenvalue weighted by atomic mass is 10.1. The minimum Gasteiger partial charge on any atom is -0.381 e. The molecule has 3 aliphatic rings. The van der Waals surface area contributed by atoms with Gasteiger partial charge in [0.25, 0.3) is 0 Å². The van der Waals surface area contributed by atoms with Crippen molar-refractivity contribution in [3.05, 3.63) is 0 Å². The molecule has 162 valence electrons. The van der Waals surface area contributed by atoms with Crippen LogP contribution in [0.5, 0.6) is 0 Å².